The molecule has 3 rings (SSSR count). The lowest BCUT2D eigenvalue weighted by Gasteiger charge is -2.07. The first-order valence-electron chi connectivity index (χ1n) is 7.05. The van der Waals surface area contributed by atoms with Gasteiger partial charge in [0.1, 0.15) is 10.6 Å². The zero-order chi connectivity index (χ0) is 18.4. The minimum atomic E-state index is -4.21. The Morgan fingerprint density at radius 1 is 1.04 bits per heavy atom. The molecule has 0 spiro atoms. The fourth-order valence-corrected chi connectivity index (χ4v) is 3.41. The number of nitrogens with zero attached hydrogens (tertiary/aromatic N) is 3. The van der Waals surface area contributed by atoms with Crippen LogP contribution in [0.15, 0.2) is 52.2 Å². The van der Waals surface area contributed by atoms with Crippen LogP contribution in [0.25, 0.3) is 11.0 Å². The third kappa shape index (κ3) is 2.87. The van der Waals surface area contributed by atoms with Crippen molar-refractivity contribution in [3.8, 4) is 5.75 Å². The summed E-state index contributed by atoms with van der Waals surface area (Å²) >= 11 is 0. The second kappa shape index (κ2) is 5.74. The van der Waals surface area contributed by atoms with Gasteiger partial charge in [0.15, 0.2) is 0 Å². The van der Waals surface area contributed by atoms with E-state index in [4.69, 9.17) is 4.18 Å². The fourth-order valence-electron chi connectivity index (χ4n) is 2.47. The Morgan fingerprint density at radius 3 is 2.40 bits per heavy atom. The van der Waals surface area contributed by atoms with E-state index in [2.05, 4.69) is 0 Å². The van der Waals surface area contributed by atoms with Gasteiger partial charge >= 0.3 is 15.8 Å². The fraction of sp³-hybridized carbons (Fsp3) is 0.133. The molecule has 0 atom stereocenters. The highest BCUT2D eigenvalue weighted by atomic mass is 32.2. The number of benzene rings is 2. The number of aryl methyl sites for hydroxylation is 2. The molecule has 0 radical (unpaired) electrons. The van der Waals surface area contributed by atoms with Crippen LogP contribution in [-0.4, -0.2) is 22.5 Å². The molecule has 2 aromatic carbocycles. The van der Waals surface area contributed by atoms with Crippen LogP contribution in [0.1, 0.15) is 0 Å². The number of hydrogen-bond donors (Lipinski definition) is 0. The van der Waals surface area contributed by atoms with Crippen molar-refractivity contribution in [1.29, 1.82) is 0 Å². The third-order valence-electron chi connectivity index (χ3n) is 3.77. The highest BCUT2D eigenvalue weighted by molar-refractivity contribution is 7.87. The summed E-state index contributed by atoms with van der Waals surface area (Å²) in [6, 6.07) is 9.02. The quantitative estimate of drug-likeness (QED) is 0.395. The lowest BCUT2D eigenvalue weighted by atomic mass is 10.3. The van der Waals surface area contributed by atoms with Crippen LogP contribution >= 0.6 is 0 Å². The number of hydrogen-bond acceptors (Lipinski definition) is 6. The molecule has 0 aliphatic heterocycles. The van der Waals surface area contributed by atoms with Crippen molar-refractivity contribution in [1.82, 2.24) is 9.13 Å². The van der Waals surface area contributed by atoms with Gasteiger partial charge in [-0.25, -0.2) is 4.79 Å². The summed E-state index contributed by atoms with van der Waals surface area (Å²) in [6.07, 6.45) is 0. The van der Waals surface area contributed by atoms with E-state index in [-0.39, 0.29) is 22.0 Å². The van der Waals surface area contributed by atoms with Crippen molar-refractivity contribution >= 4 is 26.8 Å². The first-order chi connectivity index (χ1) is 11.7. The Hall–Kier alpha value is -3.14. The summed E-state index contributed by atoms with van der Waals surface area (Å²) in [5.74, 6) is -0.170. The Kier molecular flexibility index (Phi) is 3.84. The largest absolute Gasteiger partial charge is 0.379 e. The summed E-state index contributed by atoms with van der Waals surface area (Å²) < 4.78 is 32.6. The Morgan fingerprint density at radius 2 is 1.72 bits per heavy atom. The molecule has 25 heavy (non-hydrogen) atoms. The summed E-state index contributed by atoms with van der Waals surface area (Å²) in [5, 5.41) is 10.8. The van der Waals surface area contributed by atoms with Crippen molar-refractivity contribution in [2.24, 2.45) is 14.1 Å². The van der Waals surface area contributed by atoms with E-state index >= 15 is 0 Å². The molecule has 130 valence electrons. The minimum Gasteiger partial charge on any atom is -0.379 e. The number of fused-ring (bicyclic) bond motifs is 1. The molecule has 0 bridgehead atoms. The van der Waals surface area contributed by atoms with Crippen molar-refractivity contribution in [3.63, 3.8) is 0 Å². The second-order valence-corrected chi connectivity index (χ2v) is 6.89. The first kappa shape index (κ1) is 16.7. The van der Waals surface area contributed by atoms with Gasteiger partial charge in [-0.3, -0.25) is 19.2 Å². The Balaban J connectivity index is 2.04. The zero-order valence-corrected chi connectivity index (χ0v) is 14.1. The monoisotopic (exact) mass is 363 g/mol. The molecular formula is C15H13N3O6S. The van der Waals surface area contributed by atoms with Crippen molar-refractivity contribution < 1.29 is 17.5 Å². The van der Waals surface area contributed by atoms with Crippen LogP contribution in [0.4, 0.5) is 5.69 Å². The molecule has 0 amide bonds. The van der Waals surface area contributed by atoms with E-state index in [9.17, 15) is 23.3 Å². The van der Waals surface area contributed by atoms with E-state index < -0.39 is 15.0 Å². The number of aromatic nitrogens is 2. The van der Waals surface area contributed by atoms with Crippen LogP contribution in [-0.2, 0) is 24.2 Å². The van der Waals surface area contributed by atoms with Crippen LogP contribution in [0, 0.1) is 10.1 Å². The van der Waals surface area contributed by atoms with Gasteiger partial charge in [0.05, 0.1) is 22.0 Å². The number of non-ortho nitro benzene ring substituents is 1. The molecule has 1 aromatic heterocycles. The van der Waals surface area contributed by atoms with Crippen LogP contribution < -0.4 is 9.87 Å². The lowest BCUT2D eigenvalue weighted by molar-refractivity contribution is -0.384. The molecule has 0 saturated heterocycles. The zero-order valence-electron chi connectivity index (χ0n) is 13.2. The van der Waals surface area contributed by atoms with E-state index in [0.717, 1.165) is 6.07 Å². The van der Waals surface area contributed by atoms with Crippen LogP contribution in [0.2, 0.25) is 0 Å². The maximum absolute atomic E-state index is 12.4. The van der Waals surface area contributed by atoms with Crippen molar-refractivity contribution in [2.45, 2.75) is 4.90 Å². The summed E-state index contributed by atoms with van der Waals surface area (Å²) in [6.45, 7) is 0. The standard InChI is InChI=1S/C15H13N3O6S/c1-16-13-7-6-12(9-14(13)17(2)15(16)19)25(22,23)24-11-5-3-4-10(8-11)18(20)21/h3-9H,1-2H3. The summed E-state index contributed by atoms with van der Waals surface area (Å²) in [5.41, 5.74) is 0.427. The van der Waals surface area contributed by atoms with Crippen LogP contribution in [0.3, 0.4) is 0 Å². The molecule has 9 nitrogen and oxygen atoms in total. The van der Waals surface area contributed by atoms with Crippen molar-refractivity contribution in [2.75, 3.05) is 0 Å². The molecule has 0 fully saturated rings. The van der Waals surface area contributed by atoms with Gasteiger partial charge < -0.3 is 4.18 Å². The van der Waals surface area contributed by atoms with Crippen LogP contribution in [0.5, 0.6) is 5.75 Å². The number of nitro groups is 1. The molecule has 0 unspecified atom stereocenters. The van der Waals surface area contributed by atoms with E-state index in [1.807, 2.05) is 0 Å². The normalized spacial score (nSPS) is 11.6. The van der Waals surface area contributed by atoms with Gasteiger partial charge in [0.25, 0.3) is 5.69 Å². The average molecular weight is 363 g/mol. The second-order valence-electron chi connectivity index (χ2n) is 5.34. The van der Waals surface area contributed by atoms with E-state index in [0.29, 0.717) is 11.0 Å². The Bertz CT molecular complexity index is 1160. The smallest absolute Gasteiger partial charge is 0.339 e. The minimum absolute atomic E-state index is 0.160. The van der Waals surface area contributed by atoms with E-state index in [1.54, 1.807) is 7.05 Å². The number of nitro benzene ring substituents is 1. The van der Waals surface area contributed by atoms with Gasteiger partial charge in [-0.2, -0.15) is 8.42 Å². The van der Waals surface area contributed by atoms with Gasteiger partial charge in [0.2, 0.25) is 0 Å². The number of rotatable bonds is 4. The maximum Gasteiger partial charge on any atom is 0.339 e. The van der Waals surface area contributed by atoms with Gasteiger partial charge in [0, 0.05) is 20.2 Å². The topological polar surface area (TPSA) is 113 Å². The molecule has 0 N–H and O–H groups in total. The molecule has 0 aliphatic carbocycles. The molecular weight excluding hydrogens is 350 g/mol. The molecule has 1 heterocycles. The molecule has 0 saturated carbocycles. The molecule has 3 aromatic rings. The predicted molar refractivity (Wildman–Crippen MR) is 89.1 cm³/mol. The number of imidazole rings is 1. The highest BCUT2D eigenvalue weighted by Crippen LogP contribution is 2.24. The van der Waals surface area contributed by atoms with Gasteiger partial charge in [-0.15, -0.1) is 0 Å². The summed E-state index contributed by atoms with van der Waals surface area (Å²) in [4.78, 5) is 21.9. The first-order valence-corrected chi connectivity index (χ1v) is 8.46. The van der Waals surface area contributed by atoms with Gasteiger partial charge in [-0.1, -0.05) is 6.07 Å². The van der Waals surface area contributed by atoms with Gasteiger partial charge in [-0.05, 0) is 24.3 Å². The highest BCUT2D eigenvalue weighted by Gasteiger charge is 2.20. The Labute approximate surface area is 142 Å². The maximum atomic E-state index is 12.4. The lowest BCUT2D eigenvalue weighted by Crippen LogP contribution is -2.19. The SMILES string of the molecule is Cn1c(=O)n(C)c2cc(S(=O)(=O)Oc3cccc([N+](=O)[O-])c3)ccc21. The third-order valence-corrected chi connectivity index (χ3v) is 5.01. The molecule has 10 heteroatoms. The van der Waals surface area contributed by atoms with E-state index in [1.165, 1.54) is 52.6 Å². The molecule has 0 aliphatic rings. The summed E-state index contributed by atoms with van der Waals surface area (Å²) in [7, 11) is -1.10. The average Bonchev–Trinajstić information content (AvgIpc) is 2.79. The van der Waals surface area contributed by atoms with Crippen molar-refractivity contribution in [3.05, 3.63) is 63.1 Å². The predicted octanol–water partition coefficient (Wildman–Crippen LogP) is 1.55.